The van der Waals surface area contributed by atoms with Crippen molar-refractivity contribution in [1.82, 2.24) is 10.3 Å². The van der Waals surface area contributed by atoms with Gasteiger partial charge in [-0.05, 0) is 24.6 Å². The van der Waals surface area contributed by atoms with Gasteiger partial charge in [0.25, 0.3) is 0 Å². The fraction of sp³-hybridized carbons (Fsp3) is 0.500. The Kier molecular flexibility index (Phi) is 3.79. The van der Waals surface area contributed by atoms with Gasteiger partial charge in [0, 0.05) is 25.7 Å². The zero-order valence-corrected chi connectivity index (χ0v) is 12.4. The van der Waals surface area contributed by atoms with Crippen molar-refractivity contribution in [1.29, 1.82) is 0 Å². The highest BCUT2D eigenvalue weighted by Gasteiger charge is 2.31. The maximum atomic E-state index is 12.7. The first-order chi connectivity index (χ1) is 9.97. The van der Waals surface area contributed by atoms with E-state index in [1.165, 1.54) is 23.5 Å². The number of fused-ring (bicyclic) bond motifs is 1. The SMILES string of the molecule is CCC1CN(c2nc3ccc(C(F)(F)F)cc3s2)CCN1. The third-order valence-corrected chi connectivity index (χ3v) is 4.80. The largest absolute Gasteiger partial charge is 0.416 e. The molecule has 2 heterocycles. The maximum Gasteiger partial charge on any atom is 0.416 e. The quantitative estimate of drug-likeness (QED) is 0.919. The number of nitrogens with zero attached hydrogens (tertiary/aromatic N) is 2. The highest BCUT2D eigenvalue weighted by molar-refractivity contribution is 7.22. The second kappa shape index (κ2) is 5.46. The van der Waals surface area contributed by atoms with Gasteiger partial charge >= 0.3 is 6.18 Å². The van der Waals surface area contributed by atoms with Crippen LogP contribution in [0.4, 0.5) is 18.3 Å². The number of anilines is 1. The molecule has 2 aromatic rings. The van der Waals surface area contributed by atoms with Crippen LogP contribution in [0.15, 0.2) is 18.2 Å². The summed E-state index contributed by atoms with van der Waals surface area (Å²) in [5.74, 6) is 0. The Bertz CT molecular complexity index is 638. The number of nitrogens with one attached hydrogen (secondary N) is 1. The standard InChI is InChI=1S/C14H16F3N3S/c1-2-10-8-20(6-5-18-10)13-19-11-4-3-9(14(15,16)17)7-12(11)21-13/h3-4,7,10,18H,2,5-6,8H2,1H3. The summed E-state index contributed by atoms with van der Waals surface area (Å²) in [6.07, 6.45) is -3.28. The Morgan fingerprint density at radius 1 is 1.43 bits per heavy atom. The number of hydrogen-bond acceptors (Lipinski definition) is 4. The molecule has 1 aromatic heterocycles. The normalized spacial score (nSPS) is 20.2. The smallest absolute Gasteiger partial charge is 0.345 e. The van der Waals surface area contributed by atoms with Crippen LogP contribution in [-0.4, -0.2) is 30.7 Å². The number of thiazole rings is 1. The number of benzene rings is 1. The van der Waals surface area contributed by atoms with Gasteiger partial charge in [-0.3, -0.25) is 0 Å². The monoisotopic (exact) mass is 315 g/mol. The van der Waals surface area contributed by atoms with Crippen molar-refractivity contribution in [3.63, 3.8) is 0 Å². The van der Waals surface area contributed by atoms with Crippen molar-refractivity contribution in [2.45, 2.75) is 25.6 Å². The molecule has 0 aliphatic carbocycles. The zero-order chi connectivity index (χ0) is 15.0. The minimum Gasteiger partial charge on any atom is -0.345 e. The summed E-state index contributed by atoms with van der Waals surface area (Å²) >= 11 is 1.33. The van der Waals surface area contributed by atoms with E-state index in [1.54, 1.807) is 0 Å². The van der Waals surface area contributed by atoms with E-state index in [0.717, 1.165) is 37.3 Å². The highest BCUT2D eigenvalue weighted by atomic mass is 32.1. The Morgan fingerprint density at radius 3 is 2.95 bits per heavy atom. The van der Waals surface area contributed by atoms with Gasteiger partial charge in [-0.15, -0.1) is 0 Å². The molecule has 0 bridgehead atoms. The topological polar surface area (TPSA) is 28.2 Å². The average Bonchev–Trinajstić information content (AvgIpc) is 2.89. The predicted molar refractivity (Wildman–Crippen MR) is 78.9 cm³/mol. The van der Waals surface area contributed by atoms with E-state index in [2.05, 4.69) is 22.1 Å². The van der Waals surface area contributed by atoms with E-state index in [-0.39, 0.29) is 0 Å². The van der Waals surface area contributed by atoms with Crippen molar-refractivity contribution in [3.8, 4) is 0 Å². The summed E-state index contributed by atoms with van der Waals surface area (Å²) < 4.78 is 38.8. The first kappa shape index (κ1) is 14.6. The van der Waals surface area contributed by atoms with Crippen LogP contribution in [0.25, 0.3) is 10.2 Å². The second-order valence-corrected chi connectivity index (χ2v) is 6.19. The number of halogens is 3. The summed E-state index contributed by atoms with van der Waals surface area (Å²) in [5, 5.41) is 4.23. The van der Waals surface area contributed by atoms with E-state index in [4.69, 9.17) is 0 Å². The first-order valence-electron chi connectivity index (χ1n) is 6.93. The van der Waals surface area contributed by atoms with Crippen molar-refractivity contribution >= 4 is 26.7 Å². The van der Waals surface area contributed by atoms with E-state index in [0.29, 0.717) is 16.3 Å². The molecule has 1 aromatic carbocycles. The van der Waals surface area contributed by atoms with Crippen molar-refractivity contribution < 1.29 is 13.2 Å². The molecule has 1 aliphatic rings. The van der Waals surface area contributed by atoms with Crippen LogP contribution >= 0.6 is 11.3 Å². The molecular formula is C14H16F3N3S. The molecule has 1 unspecified atom stereocenters. The molecule has 7 heteroatoms. The zero-order valence-electron chi connectivity index (χ0n) is 11.6. The molecule has 0 saturated carbocycles. The van der Waals surface area contributed by atoms with Gasteiger partial charge in [0.2, 0.25) is 0 Å². The number of aromatic nitrogens is 1. The van der Waals surface area contributed by atoms with E-state index >= 15 is 0 Å². The Balaban J connectivity index is 1.90. The third kappa shape index (κ3) is 2.98. The molecule has 21 heavy (non-hydrogen) atoms. The van der Waals surface area contributed by atoms with E-state index in [9.17, 15) is 13.2 Å². The third-order valence-electron chi connectivity index (χ3n) is 3.72. The van der Waals surface area contributed by atoms with Crippen LogP contribution < -0.4 is 10.2 Å². The molecule has 3 nitrogen and oxygen atoms in total. The molecule has 1 fully saturated rings. The Labute approximate surface area is 124 Å². The van der Waals surface area contributed by atoms with Crippen LogP contribution in [-0.2, 0) is 6.18 Å². The maximum absolute atomic E-state index is 12.7. The Morgan fingerprint density at radius 2 is 2.24 bits per heavy atom. The summed E-state index contributed by atoms with van der Waals surface area (Å²) in [5.41, 5.74) is 0.0199. The second-order valence-electron chi connectivity index (χ2n) is 5.18. The molecule has 0 radical (unpaired) electrons. The molecule has 1 N–H and O–H groups in total. The predicted octanol–water partition coefficient (Wildman–Crippen LogP) is 3.50. The fourth-order valence-electron chi connectivity index (χ4n) is 2.50. The average molecular weight is 315 g/mol. The number of rotatable bonds is 2. The van der Waals surface area contributed by atoms with Crippen LogP contribution in [0.3, 0.4) is 0 Å². The molecule has 1 saturated heterocycles. The minimum absolute atomic E-state index is 0.413. The highest BCUT2D eigenvalue weighted by Crippen LogP contribution is 2.35. The van der Waals surface area contributed by atoms with Crippen LogP contribution in [0.5, 0.6) is 0 Å². The molecule has 1 atom stereocenters. The Hall–Kier alpha value is -1.34. The van der Waals surface area contributed by atoms with Crippen LogP contribution in [0.2, 0.25) is 0 Å². The van der Waals surface area contributed by atoms with E-state index in [1.807, 2.05) is 0 Å². The lowest BCUT2D eigenvalue weighted by atomic mass is 10.2. The molecule has 3 rings (SSSR count). The number of alkyl halides is 3. The van der Waals surface area contributed by atoms with Crippen molar-refractivity contribution in [3.05, 3.63) is 23.8 Å². The summed E-state index contributed by atoms with van der Waals surface area (Å²) in [4.78, 5) is 6.63. The molecular weight excluding hydrogens is 299 g/mol. The van der Waals surface area contributed by atoms with Gasteiger partial charge in [0.15, 0.2) is 5.13 Å². The van der Waals surface area contributed by atoms with E-state index < -0.39 is 11.7 Å². The first-order valence-corrected chi connectivity index (χ1v) is 7.75. The van der Waals surface area contributed by atoms with Gasteiger partial charge in [0.05, 0.1) is 15.8 Å². The number of piperazine rings is 1. The van der Waals surface area contributed by atoms with Gasteiger partial charge in [-0.2, -0.15) is 13.2 Å². The number of hydrogen-bond donors (Lipinski definition) is 1. The minimum atomic E-state index is -4.30. The summed E-state index contributed by atoms with van der Waals surface area (Å²) in [6.45, 7) is 4.68. The lowest BCUT2D eigenvalue weighted by Gasteiger charge is -2.32. The van der Waals surface area contributed by atoms with Gasteiger partial charge in [-0.1, -0.05) is 18.3 Å². The van der Waals surface area contributed by atoms with Crippen molar-refractivity contribution in [2.24, 2.45) is 0 Å². The lowest BCUT2D eigenvalue weighted by Crippen LogP contribution is -2.50. The molecule has 1 aliphatic heterocycles. The summed E-state index contributed by atoms with van der Waals surface area (Å²) in [7, 11) is 0. The molecule has 0 amide bonds. The van der Waals surface area contributed by atoms with Gasteiger partial charge in [0.1, 0.15) is 0 Å². The van der Waals surface area contributed by atoms with Crippen molar-refractivity contribution in [2.75, 3.05) is 24.5 Å². The summed E-state index contributed by atoms with van der Waals surface area (Å²) in [6, 6.07) is 4.16. The fourth-order valence-corrected chi connectivity index (χ4v) is 3.54. The molecule has 0 spiro atoms. The van der Waals surface area contributed by atoms with Gasteiger partial charge < -0.3 is 10.2 Å². The van der Waals surface area contributed by atoms with Crippen LogP contribution in [0, 0.1) is 0 Å². The lowest BCUT2D eigenvalue weighted by molar-refractivity contribution is -0.137. The van der Waals surface area contributed by atoms with Crippen LogP contribution in [0.1, 0.15) is 18.9 Å². The molecule has 114 valence electrons. The van der Waals surface area contributed by atoms with Gasteiger partial charge in [-0.25, -0.2) is 4.98 Å².